The molecular formula is C24H38Cl2N4O. The van der Waals surface area contributed by atoms with Crippen molar-refractivity contribution in [2.45, 2.75) is 64.8 Å². The molecule has 1 aromatic heterocycles. The van der Waals surface area contributed by atoms with Crippen LogP contribution in [0.2, 0.25) is 0 Å². The van der Waals surface area contributed by atoms with E-state index in [1.54, 1.807) is 0 Å². The third-order valence-electron chi connectivity index (χ3n) is 6.92. The molecule has 1 aromatic carbocycles. The van der Waals surface area contributed by atoms with Crippen LogP contribution in [0, 0.1) is 11.8 Å². The molecule has 4 rings (SSSR count). The minimum Gasteiger partial charge on any atom is -0.342 e. The number of amides is 1. The lowest BCUT2D eigenvalue weighted by Crippen LogP contribution is -2.41. The van der Waals surface area contributed by atoms with E-state index in [0.29, 0.717) is 36.1 Å². The number of para-hydroxylation sites is 2. The lowest BCUT2D eigenvalue weighted by atomic mass is 9.85. The molecule has 0 aliphatic carbocycles. The van der Waals surface area contributed by atoms with Crippen molar-refractivity contribution in [2.75, 3.05) is 26.2 Å². The fourth-order valence-electron chi connectivity index (χ4n) is 5.24. The summed E-state index contributed by atoms with van der Waals surface area (Å²) in [4.78, 5) is 20.2. The first-order chi connectivity index (χ1) is 14.0. The second-order valence-corrected chi connectivity index (χ2v) is 9.39. The van der Waals surface area contributed by atoms with Crippen molar-refractivity contribution in [1.29, 1.82) is 0 Å². The van der Waals surface area contributed by atoms with Gasteiger partial charge in [0.15, 0.2) is 0 Å². The molecular weight excluding hydrogens is 431 g/mol. The van der Waals surface area contributed by atoms with Crippen LogP contribution in [0.1, 0.15) is 70.7 Å². The van der Waals surface area contributed by atoms with Gasteiger partial charge < -0.3 is 14.8 Å². The Balaban J connectivity index is 0.00000171. The first-order valence-electron chi connectivity index (χ1n) is 11.5. The molecule has 2 fully saturated rings. The number of likely N-dealkylation sites (tertiary alicyclic amines) is 1. The summed E-state index contributed by atoms with van der Waals surface area (Å²) in [6, 6.07) is 8.77. The molecule has 2 aromatic rings. The average molecular weight is 470 g/mol. The number of hydrogen-bond donors (Lipinski definition) is 1. The number of nitrogens with zero attached hydrogens (tertiary/aromatic N) is 3. The van der Waals surface area contributed by atoms with E-state index in [4.69, 9.17) is 4.98 Å². The van der Waals surface area contributed by atoms with Gasteiger partial charge in [-0.3, -0.25) is 4.79 Å². The van der Waals surface area contributed by atoms with Gasteiger partial charge in [0.2, 0.25) is 5.91 Å². The van der Waals surface area contributed by atoms with E-state index in [9.17, 15) is 4.79 Å². The highest BCUT2D eigenvalue weighted by Gasteiger charge is 2.31. The standard InChI is InChI=1S/C24H36N4O.2ClH/c1-17(2)28-22-11-5-4-10-21(22)26-24(28)20-9-7-13-27(16-20)23(29)14-18(3)19-8-6-12-25-15-19;;/h4-5,10-11,17-20,25H,6-9,12-16H2,1-3H3;2*1H. The van der Waals surface area contributed by atoms with Crippen LogP contribution >= 0.6 is 24.8 Å². The first kappa shape index (κ1) is 26.0. The van der Waals surface area contributed by atoms with Crippen LogP contribution in [0.4, 0.5) is 0 Å². The second-order valence-electron chi connectivity index (χ2n) is 9.39. The maximum absolute atomic E-state index is 13.1. The Morgan fingerprint density at radius 2 is 1.94 bits per heavy atom. The van der Waals surface area contributed by atoms with Gasteiger partial charge in [-0.05, 0) is 76.6 Å². The molecule has 1 N–H and O–H groups in total. The van der Waals surface area contributed by atoms with Crippen LogP contribution in [0.3, 0.4) is 0 Å². The maximum atomic E-state index is 13.1. The molecule has 2 aliphatic heterocycles. The number of carbonyl (C=O) groups excluding carboxylic acids is 1. The smallest absolute Gasteiger partial charge is 0.222 e. The van der Waals surface area contributed by atoms with Crippen molar-refractivity contribution in [3.8, 4) is 0 Å². The number of benzene rings is 1. The van der Waals surface area contributed by atoms with Gasteiger partial charge in [0.1, 0.15) is 5.82 Å². The number of piperidine rings is 2. The molecule has 3 atom stereocenters. The lowest BCUT2D eigenvalue weighted by molar-refractivity contribution is -0.133. The molecule has 2 saturated heterocycles. The second kappa shape index (κ2) is 11.5. The summed E-state index contributed by atoms with van der Waals surface area (Å²) in [6.07, 6.45) is 5.35. The molecule has 2 aliphatic rings. The van der Waals surface area contributed by atoms with Gasteiger partial charge in [-0.2, -0.15) is 0 Å². The van der Waals surface area contributed by atoms with E-state index in [2.05, 4.69) is 59.8 Å². The van der Waals surface area contributed by atoms with E-state index >= 15 is 0 Å². The summed E-state index contributed by atoms with van der Waals surface area (Å²) in [5, 5.41) is 3.49. The Kier molecular flexibility index (Phi) is 9.66. The van der Waals surface area contributed by atoms with Gasteiger partial charge in [0, 0.05) is 31.5 Å². The summed E-state index contributed by atoms with van der Waals surface area (Å²) in [5.41, 5.74) is 2.28. The minimum absolute atomic E-state index is 0. The third kappa shape index (κ3) is 5.74. The van der Waals surface area contributed by atoms with Gasteiger partial charge in [-0.15, -0.1) is 24.8 Å². The van der Waals surface area contributed by atoms with Gasteiger partial charge in [0.25, 0.3) is 0 Å². The van der Waals surface area contributed by atoms with Gasteiger partial charge in [-0.25, -0.2) is 4.98 Å². The average Bonchev–Trinajstić information content (AvgIpc) is 3.14. The normalized spacial score (nSPS) is 22.6. The van der Waals surface area contributed by atoms with Crippen LogP contribution in [0.25, 0.3) is 11.0 Å². The topological polar surface area (TPSA) is 50.2 Å². The van der Waals surface area contributed by atoms with E-state index in [1.165, 1.54) is 18.4 Å². The van der Waals surface area contributed by atoms with Gasteiger partial charge in [-0.1, -0.05) is 19.1 Å². The van der Waals surface area contributed by atoms with Crippen molar-refractivity contribution in [3.05, 3.63) is 30.1 Å². The molecule has 3 heterocycles. The monoisotopic (exact) mass is 468 g/mol. The molecule has 174 valence electrons. The highest BCUT2D eigenvalue weighted by molar-refractivity contribution is 5.85. The van der Waals surface area contributed by atoms with Crippen molar-refractivity contribution < 1.29 is 4.79 Å². The fourth-order valence-corrected chi connectivity index (χ4v) is 5.24. The highest BCUT2D eigenvalue weighted by atomic mass is 35.5. The zero-order valence-electron chi connectivity index (χ0n) is 19.0. The van der Waals surface area contributed by atoms with Gasteiger partial charge in [0.05, 0.1) is 11.0 Å². The number of halogens is 2. The zero-order chi connectivity index (χ0) is 20.4. The number of carbonyl (C=O) groups is 1. The molecule has 7 heteroatoms. The van der Waals surface area contributed by atoms with Crippen molar-refractivity contribution in [2.24, 2.45) is 11.8 Å². The Morgan fingerprint density at radius 3 is 2.65 bits per heavy atom. The van der Waals surface area contributed by atoms with E-state index in [1.807, 2.05) is 0 Å². The maximum Gasteiger partial charge on any atom is 0.222 e. The summed E-state index contributed by atoms with van der Waals surface area (Å²) in [5.74, 6) is 2.91. The number of aromatic nitrogens is 2. The van der Waals surface area contributed by atoms with Crippen LogP contribution in [-0.4, -0.2) is 46.5 Å². The molecule has 3 unspecified atom stereocenters. The number of nitrogens with one attached hydrogen (secondary N) is 1. The predicted octanol–water partition coefficient (Wildman–Crippen LogP) is 5.19. The minimum atomic E-state index is 0. The first-order valence-corrected chi connectivity index (χ1v) is 11.5. The molecule has 0 radical (unpaired) electrons. The Bertz CT molecular complexity index is 847. The van der Waals surface area contributed by atoms with E-state index in [-0.39, 0.29) is 24.8 Å². The largest absolute Gasteiger partial charge is 0.342 e. The van der Waals surface area contributed by atoms with E-state index < -0.39 is 0 Å². The van der Waals surface area contributed by atoms with Gasteiger partial charge >= 0.3 is 0 Å². The predicted molar refractivity (Wildman–Crippen MR) is 133 cm³/mol. The zero-order valence-corrected chi connectivity index (χ0v) is 20.7. The number of fused-ring (bicyclic) bond motifs is 1. The van der Waals surface area contributed by atoms with Crippen LogP contribution in [0.5, 0.6) is 0 Å². The van der Waals surface area contributed by atoms with Crippen molar-refractivity contribution in [3.63, 3.8) is 0 Å². The highest BCUT2D eigenvalue weighted by Crippen LogP contribution is 2.32. The molecule has 0 saturated carbocycles. The summed E-state index contributed by atoms with van der Waals surface area (Å²) < 4.78 is 2.38. The Hall–Kier alpha value is -1.30. The number of hydrogen-bond acceptors (Lipinski definition) is 3. The molecule has 1 amide bonds. The summed E-state index contributed by atoms with van der Waals surface area (Å²) >= 11 is 0. The quantitative estimate of drug-likeness (QED) is 0.656. The van der Waals surface area contributed by atoms with Crippen molar-refractivity contribution >= 4 is 41.8 Å². The number of rotatable bonds is 5. The van der Waals surface area contributed by atoms with Crippen molar-refractivity contribution in [1.82, 2.24) is 19.8 Å². The Morgan fingerprint density at radius 1 is 1.16 bits per heavy atom. The third-order valence-corrected chi connectivity index (χ3v) is 6.92. The number of imidazole rings is 1. The Labute approximate surface area is 199 Å². The lowest BCUT2D eigenvalue weighted by Gasteiger charge is -2.35. The fraction of sp³-hybridized carbons (Fsp3) is 0.667. The molecule has 5 nitrogen and oxygen atoms in total. The van der Waals surface area contributed by atoms with Crippen LogP contribution in [-0.2, 0) is 4.79 Å². The molecule has 31 heavy (non-hydrogen) atoms. The van der Waals surface area contributed by atoms with Crippen LogP contribution in [0.15, 0.2) is 24.3 Å². The molecule has 0 spiro atoms. The summed E-state index contributed by atoms with van der Waals surface area (Å²) in [7, 11) is 0. The van der Waals surface area contributed by atoms with E-state index in [0.717, 1.165) is 50.4 Å². The SMILES string of the molecule is CC(CC(=O)N1CCCC(c2nc3ccccc3n2C(C)C)C1)C1CCCNC1.Cl.Cl. The summed E-state index contributed by atoms with van der Waals surface area (Å²) in [6.45, 7) is 10.6. The molecule has 0 bridgehead atoms. The van der Waals surface area contributed by atoms with Crippen LogP contribution < -0.4 is 5.32 Å².